The number of hydrogen-bond acceptors (Lipinski definition) is 2. The van der Waals surface area contributed by atoms with Gasteiger partial charge in [-0.25, -0.2) is 0 Å². The molecule has 0 aliphatic carbocycles. The molecule has 0 radical (unpaired) electrons. The maximum absolute atomic E-state index is 4.87. The van der Waals surface area contributed by atoms with E-state index in [1.54, 1.807) is 0 Å². The molecule has 0 saturated heterocycles. The van der Waals surface area contributed by atoms with Gasteiger partial charge in [-0.3, -0.25) is 0 Å². The van der Waals surface area contributed by atoms with Crippen molar-refractivity contribution in [1.82, 2.24) is 8.80 Å². The van der Waals surface area contributed by atoms with E-state index in [0.29, 0.717) is 0 Å². The molecule has 0 aliphatic rings. The summed E-state index contributed by atoms with van der Waals surface area (Å²) in [4.78, 5) is 4.93. The fraction of sp³-hybridized carbons (Fsp3) is 0.115. The minimum atomic E-state index is 1.03. The Labute approximate surface area is 379 Å². The third-order valence-electron chi connectivity index (χ3n) is 14.5. The molecule has 314 valence electrons. The quantitative estimate of drug-likeness (QED) is 0.159. The molecule has 0 bridgehead atoms. The normalized spacial score (nSPS) is 12.4. The van der Waals surface area contributed by atoms with Crippen LogP contribution in [0.25, 0.3) is 67.0 Å². The Morgan fingerprint density at radius 3 is 1.38 bits per heavy atom. The molecule has 0 amide bonds. The molecule has 0 saturated carbocycles. The molecule has 4 aromatic heterocycles. The topological polar surface area (TPSA) is 15.3 Å². The van der Waals surface area contributed by atoms with Crippen LogP contribution in [0.3, 0.4) is 0 Å². The molecule has 0 aliphatic heterocycles. The Kier molecular flexibility index (Phi) is 8.57. The summed E-state index contributed by atoms with van der Waals surface area (Å²) in [6.07, 6.45) is 2.42. The second-order valence-corrected chi connectivity index (χ2v) is 18.2. The SMILES string of the molecule is C=c1/c(=C\c2c(C)n3c4ccccc4c4c(N(c5ccc(C)c(C)c5)c5ccccc5C)ccc2c43)n2c3ccccc3c3c(N(c4ccc(C)c(C)c4)c4ccccc4C)ccc1c32. The number of para-hydroxylation sites is 4. The molecule has 65 heavy (non-hydrogen) atoms. The molecule has 0 unspecified atom stereocenters. The summed E-state index contributed by atoms with van der Waals surface area (Å²) in [6, 6.07) is 58.3. The highest BCUT2D eigenvalue weighted by molar-refractivity contribution is 6.23. The first-order valence-electron chi connectivity index (χ1n) is 22.7. The van der Waals surface area contributed by atoms with Crippen LogP contribution in [-0.4, -0.2) is 8.80 Å². The van der Waals surface area contributed by atoms with Crippen LogP contribution in [0.1, 0.15) is 44.6 Å². The number of aryl methyl sites for hydroxylation is 7. The van der Waals surface area contributed by atoms with Gasteiger partial charge in [-0.1, -0.05) is 104 Å². The van der Waals surface area contributed by atoms with E-state index >= 15 is 0 Å². The molecule has 12 rings (SSSR count). The third-order valence-corrected chi connectivity index (χ3v) is 14.5. The van der Waals surface area contributed by atoms with Crippen molar-refractivity contribution >= 4 is 101 Å². The number of nitrogens with zero attached hydrogens (tertiary/aromatic N) is 4. The van der Waals surface area contributed by atoms with Gasteiger partial charge in [0, 0.05) is 71.5 Å². The minimum Gasteiger partial charge on any atom is -0.312 e. The molecule has 0 atom stereocenters. The molecule has 8 aromatic carbocycles. The average molecular weight is 839 g/mol. The Morgan fingerprint density at radius 1 is 0.400 bits per heavy atom. The van der Waals surface area contributed by atoms with E-state index in [2.05, 4.69) is 231 Å². The van der Waals surface area contributed by atoms with Crippen LogP contribution < -0.4 is 20.4 Å². The van der Waals surface area contributed by atoms with Gasteiger partial charge in [0.1, 0.15) is 0 Å². The van der Waals surface area contributed by atoms with Gasteiger partial charge in [0.05, 0.1) is 38.8 Å². The monoisotopic (exact) mass is 838 g/mol. The lowest BCUT2D eigenvalue weighted by Crippen LogP contribution is -2.24. The first kappa shape index (κ1) is 38.8. The van der Waals surface area contributed by atoms with Crippen molar-refractivity contribution in [1.29, 1.82) is 0 Å². The predicted octanol–water partition coefficient (Wildman–Crippen LogP) is 15.0. The molecule has 12 aromatic rings. The molecule has 0 spiro atoms. The lowest BCUT2D eigenvalue weighted by molar-refractivity contribution is 1.17. The Morgan fingerprint density at radius 2 is 0.862 bits per heavy atom. The number of benzene rings is 8. The van der Waals surface area contributed by atoms with Gasteiger partial charge < -0.3 is 18.6 Å². The van der Waals surface area contributed by atoms with Gasteiger partial charge in [0.25, 0.3) is 0 Å². The number of rotatable bonds is 7. The van der Waals surface area contributed by atoms with Gasteiger partial charge in [0.2, 0.25) is 0 Å². The molecule has 0 fully saturated rings. The number of fused-ring (bicyclic) bond motifs is 6. The van der Waals surface area contributed by atoms with E-state index < -0.39 is 0 Å². The lowest BCUT2D eigenvalue weighted by Gasteiger charge is -2.28. The molecular formula is C61H50N4. The Hall–Kier alpha value is -7.82. The molecule has 4 nitrogen and oxygen atoms in total. The zero-order valence-corrected chi connectivity index (χ0v) is 38.1. The van der Waals surface area contributed by atoms with Crippen LogP contribution in [-0.2, 0) is 0 Å². The maximum Gasteiger partial charge on any atom is 0.0641 e. The number of aromatic nitrogens is 2. The first-order valence-corrected chi connectivity index (χ1v) is 22.7. The second kappa shape index (κ2) is 14.4. The van der Waals surface area contributed by atoms with Gasteiger partial charge in [0.15, 0.2) is 0 Å². The Bertz CT molecular complexity index is 4010. The van der Waals surface area contributed by atoms with Gasteiger partial charge in [-0.15, -0.1) is 0 Å². The van der Waals surface area contributed by atoms with Crippen molar-refractivity contribution in [2.24, 2.45) is 0 Å². The van der Waals surface area contributed by atoms with E-state index in [1.807, 2.05) is 0 Å². The van der Waals surface area contributed by atoms with Crippen molar-refractivity contribution in [3.05, 3.63) is 213 Å². The van der Waals surface area contributed by atoms with Crippen molar-refractivity contribution < 1.29 is 0 Å². The van der Waals surface area contributed by atoms with Gasteiger partial charge in [-0.05, 0) is 149 Å². The van der Waals surface area contributed by atoms with Crippen molar-refractivity contribution in [3.63, 3.8) is 0 Å². The second-order valence-electron chi connectivity index (χ2n) is 18.2. The summed E-state index contributed by atoms with van der Waals surface area (Å²) in [5.74, 6) is 0. The lowest BCUT2D eigenvalue weighted by atomic mass is 10.0. The van der Waals surface area contributed by atoms with Crippen molar-refractivity contribution in [2.45, 2.75) is 48.5 Å². The standard InChI is InChI=1S/C61H50N4/c1-36-25-27-44(33-40(36)5)63(51-21-13-9-17-38(51)3)55-31-29-46-42(7)57(65-54-24-16-12-20-49(54)58(55)60(46)65)35-50-43(8)62-53-23-15-11-19-48(53)59-56(32-30-47(50)61(59)62)64(52-22-14-10-18-39(52)4)45-28-26-37(2)41(6)34-45/h9-35H,7H2,1-6,8H3/b57-35+. The molecule has 0 N–H and O–H groups in total. The van der Waals surface area contributed by atoms with E-state index in [4.69, 9.17) is 6.58 Å². The minimum absolute atomic E-state index is 1.03. The average Bonchev–Trinajstić information content (AvgIpc) is 4.01. The van der Waals surface area contributed by atoms with Crippen LogP contribution in [0.5, 0.6) is 0 Å². The molecule has 4 heterocycles. The van der Waals surface area contributed by atoms with Crippen LogP contribution in [0.2, 0.25) is 0 Å². The van der Waals surface area contributed by atoms with Gasteiger partial charge in [-0.2, -0.15) is 0 Å². The summed E-state index contributed by atoms with van der Waals surface area (Å²) >= 11 is 0. The van der Waals surface area contributed by atoms with Crippen LogP contribution in [0.15, 0.2) is 158 Å². The van der Waals surface area contributed by atoms with E-state index in [9.17, 15) is 0 Å². The number of hydrogen-bond donors (Lipinski definition) is 0. The third kappa shape index (κ3) is 5.56. The zero-order chi connectivity index (χ0) is 44.4. The zero-order valence-electron chi connectivity index (χ0n) is 38.1. The fourth-order valence-electron chi connectivity index (χ4n) is 10.8. The summed E-state index contributed by atoms with van der Waals surface area (Å²) in [5.41, 5.74) is 21.8. The van der Waals surface area contributed by atoms with Crippen molar-refractivity contribution in [2.75, 3.05) is 9.80 Å². The summed E-state index contributed by atoms with van der Waals surface area (Å²) in [7, 11) is 0. The smallest absolute Gasteiger partial charge is 0.0641 e. The fourth-order valence-corrected chi connectivity index (χ4v) is 10.8. The highest BCUT2D eigenvalue weighted by Crippen LogP contribution is 2.48. The van der Waals surface area contributed by atoms with Crippen molar-refractivity contribution in [3.8, 4) is 0 Å². The maximum atomic E-state index is 4.87. The van der Waals surface area contributed by atoms with E-state index in [-0.39, 0.29) is 0 Å². The summed E-state index contributed by atoms with van der Waals surface area (Å²) < 4.78 is 4.99. The van der Waals surface area contributed by atoms with Crippen LogP contribution in [0.4, 0.5) is 34.1 Å². The number of anilines is 6. The highest BCUT2D eigenvalue weighted by Gasteiger charge is 2.27. The summed E-state index contributed by atoms with van der Waals surface area (Å²) in [5, 5.41) is 9.49. The molecule has 4 heteroatoms. The Balaban J connectivity index is 1.15. The predicted molar refractivity (Wildman–Crippen MR) is 278 cm³/mol. The summed E-state index contributed by atoms with van der Waals surface area (Å²) in [6.45, 7) is 20.4. The molecular weight excluding hydrogens is 789 g/mol. The van der Waals surface area contributed by atoms with Crippen LogP contribution >= 0.6 is 0 Å². The van der Waals surface area contributed by atoms with E-state index in [0.717, 1.165) is 27.6 Å². The largest absolute Gasteiger partial charge is 0.312 e. The first-order chi connectivity index (χ1) is 31.6. The van der Waals surface area contributed by atoms with E-state index in [1.165, 1.54) is 116 Å². The highest BCUT2D eigenvalue weighted by atomic mass is 15.2. The van der Waals surface area contributed by atoms with Crippen LogP contribution in [0, 0.1) is 48.5 Å². The van der Waals surface area contributed by atoms with Gasteiger partial charge >= 0.3 is 0 Å².